The van der Waals surface area contributed by atoms with Crippen LogP contribution in [0, 0.1) is 16.7 Å². The van der Waals surface area contributed by atoms with Crippen LogP contribution in [0.1, 0.15) is 47.0 Å². The van der Waals surface area contributed by atoms with Crippen molar-refractivity contribution in [1.29, 1.82) is 5.26 Å². The topological polar surface area (TPSA) is 99.2 Å². The second-order valence-electron chi connectivity index (χ2n) is 6.68. The maximum atomic E-state index is 12.6. The van der Waals surface area contributed by atoms with E-state index >= 15 is 0 Å². The molecule has 0 bridgehead atoms. The molecule has 118 valence electrons. The maximum absolute atomic E-state index is 12.6. The molecule has 3 N–H and O–H groups in total. The minimum Gasteiger partial charge on any atom is -0.369 e. The van der Waals surface area contributed by atoms with E-state index in [1.165, 1.54) is 0 Å². The van der Waals surface area contributed by atoms with Crippen molar-refractivity contribution in [2.45, 2.75) is 58.5 Å². The highest BCUT2D eigenvalue weighted by Gasteiger charge is 2.44. The summed E-state index contributed by atoms with van der Waals surface area (Å²) in [6.07, 6.45) is 1.24. The predicted molar refractivity (Wildman–Crippen MR) is 80.0 cm³/mol. The summed E-state index contributed by atoms with van der Waals surface area (Å²) >= 11 is 0. The van der Waals surface area contributed by atoms with Gasteiger partial charge in [0.05, 0.1) is 6.07 Å². The summed E-state index contributed by atoms with van der Waals surface area (Å²) in [6.45, 7) is 8.52. The molecule has 6 nitrogen and oxygen atoms in total. The van der Waals surface area contributed by atoms with E-state index in [1.54, 1.807) is 18.7 Å². The van der Waals surface area contributed by atoms with Crippen LogP contribution in [0.4, 0.5) is 0 Å². The SMILES string of the molecule is CC(C)N(C(=O)CCC(C)(C)C(N)=O)C1(C#N)CCNC1. The quantitative estimate of drug-likeness (QED) is 0.755. The third-order valence-electron chi connectivity index (χ3n) is 4.22. The molecule has 0 aliphatic carbocycles. The van der Waals surface area contributed by atoms with E-state index in [9.17, 15) is 14.9 Å². The molecule has 1 saturated heterocycles. The highest BCUT2D eigenvalue weighted by Crippen LogP contribution is 2.28. The second kappa shape index (κ2) is 6.44. The van der Waals surface area contributed by atoms with E-state index < -0.39 is 16.9 Å². The average Bonchev–Trinajstić information content (AvgIpc) is 2.86. The number of nitrogens with zero attached hydrogens (tertiary/aromatic N) is 2. The number of carbonyl (C=O) groups excluding carboxylic acids is 2. The number of carbonyl (C=O) groups is 2. The molecule has 6 heteroatoms. The van der Waals surface area contributed by atoms with Crippen molar-refractivity contribution in [2.75, 3.05) is 13.1 Å². The van der Waals surface area contributed by atoms with Crippen molar-refractivity contribution >= 4 is 11.8 Å². The molecule has 21 heavy (non-hydrogen) atoms. The van der Waals surface area contributed by atoms with Gasteiger partial charge in [-0.25, -0.2) is 0 Å². The fourth-order valence-electron chi connectivity index (χ4n) is 2.72. The van der Waals surface area contributed by atoms with Gasteiger partial charge in [-0.3, -0.25) is 9.59 Å². The Kier molecular flexibility index (Phi) is 5.35. The summed E-state index contributed by atoms with van der Waals surface area (Å²) in [6, 6.07) is 2.25. The van der Waals surface area contributed by atoms with Crippen LogP contribution in [0.25, 0.3) is 0 Å². The van der Waals surface area contributed by atoms with Crippen LogP contribution in [-0.2, 0) is 9.59 Å². The number of nitrogens with two attached hydrogens (primary N) is 1. The van der Waals surface area contributed by atoms with Crippen molar-refractivity contribution < 1.29 is 9.59 Å². The number of hydrogen-bond acceptors (Lipinski definition) is 4. The Bertz CT molecular complexity index is 445. The molecule has 1 unspecified atom stereocenters. The highest BCUT2D eigenvalue weighted by molar-refractivity contribution is 5.82. The third-order valence-corrected chi connectivity index (χ3v) is 4.22. The molecule has 1 fully saturated rings. The van der Waals surface area contributed by atoms with Gasteiger partial charge in [0.15, 0.2) is 0 Å². The van der Waals surface area contributed by atoms with E-state index in [-0.39, 0.29) is 18.4 Å². The zero-order chi connectivity index (χ0) is 16.3. The molecule has 0 radical (unpaired) electrons. The summed E-state index contributed by atoms with van der Waals surface area (Å²) in [7, 11) is 0. The van der Waals surface area contributed by atoms with Gasteiger partial charge in [0, 0.05) is 24.4 Å². The molecule has 1 heterocycles. The van der Waals surface area contributed by atoms with Crippen LogP contribution in [-0.4, -0.2) is 41.4 Å². The van der Waals surface area contributed by atoms with Gasteiger partial charge in [0.25, 0.3) is 0 Å². The molecule has 0 aromatic carbocycles. The van der Waals surface area contributed by atoms with Gasteiger partial charge in [-0.15, -0.1) is 0 Å². The summed E-state index contributed by atoms with van der Waals surface area (Å²) in [5.74, 6) is -0.506. The molecular formula is C15H26N4O2. The second-order valence-corrected chi connectivity index (χ2v) is 6.68. The maximum Gasteiger partial charge on any atom is 0.224 e. The van der Waals surface area contributed by atoms with Crippen LogP contribution in [0.3, 0.4) is 0 Å². The van der Waals surface area contributed by atoms with E-state index in [0.29, 0.717) is 19.4 Å². The van der Waals surface area contributed by atoms with Gasteiger partial charge in [-0.05, 0) is 33.2 Å². The fraction of sp³-hybridized carbons (Fsp3) is 0.800. The minimum absolute atomic E-state index is 0.0614. The molecule has 0 saturated carbocycles. The molecule has 1 aliphatic heterocycles. The van der Waals surface area contributed by atoms with Crippen molar-refractivity contribution in [3.05, 3.63) is 0 Å². The number of primary amides is 1. The minimum atomic E-state index is -0.776. The monoisotopic (exact) mass is 294 g/mol. The van der Waals surface area contributed by atoms with Crippen LogP contribution >= 0.6 is 0 Å². The fourth-order valence-corrected chi connectivity index (χ4v) is 2.72. The van der Waals surface area contributed by atoms with Crippen LogP contribution in [0.15, 0.2) is 0 Å². The summed E-state index contributed by atoms with van der Waals surface area (Å²) in [4.78, 5) is 25.6. The average molecular weight is 294 g/mol. The molecule has 0 aromatic heterocycles. The van der Waals surface area contributed by atoms with Crippen LogP contribution < -0.4 is 11.1 Å². The van der Waals surface area contributed by atoms with Gasteiger partial charge >= 0.3 is 0 Å². The molecule has 0 spiro atoms. The standard InChI is InChI=1S/C15H26N4O2/c1-11(2)19(15(9-16)7-8-18-10-15)12(20)5-6-14(3,4)13(17)21/h11,18H,5-8,10H2,1-4H3,(H2,17,21). The normalized spacial score (nSPS) is 22.1. The lowest BCUT2D eigenvalue weighted by molar-refractivity contribution is -0.138. The van der Waals surface area contributed by atoms with Crippen molar-refractivity contribution in [2.24, 2.45) is 11.1 Å². The third kappa shape index (κ3) is 3.73. The van der Waals surface area contributed by atoms with Crippen molar-refractivity contribution in [3.63, 3.8) is 0 Å². The zero-order valence-corrected chi connectivity index (χ0v) is 13.4. The number of hydrogen-bond donors (Lipinski definition) is 2. The van der Waals surface area contributed by atoms with Crippen LogP contribution in [0.5, 0.6) is 0 Å². The highest BCUT2D eigenvalue weighted by atomic mass is 16.2. The van der Waals surface area contributed by atoms with Crippen molar-refractivity contribution in [1.82, 2.24) is 10.2 Å². The molecule has 1 rings (SSSR count). The largest absolute Gasteiger partial charge is 0.369 e. The van der Waals surface area contributed by atoms with Gasteiger partial charge in [-0.1, -0.05) is 13.8 Å². The molecule has 1 atom stereocenters. The molecule has 2 amide bonds. The molecular weight excluding hydrogens is 268 g/mol. The Balaban J connectivity index is 2.85. The summed E-state index contributed by atoms with van der Waals surface area (Å²) < 4.78 is 0. The Morgan fingerprint density at radius 3 is 2.48 bits per heavy atom. The zero-order valence-electron chi connectivity index (χ0n) is 13.4. The van der Waals surface area contributed by atoms with E-state index in [4.69, 9.17) is 5.73 Å². The lowest BCUT2D eigenvalue weighted by Gasteiger charge is -2.39. The van der Waals surface area contributed by atoms with E-state index in [2.05, 4.69) is 11.4 Å². The Hall–Kier alpha value is -1.61. The smallest absolute Gasteiger partial charge is 0.224 e. The number of nitrogens with one attached hydrogen (secondary N) is 1. The lowest BCUT2D eigenvalue weighted by atomic mass is 9.86. The number of rotatable bonds is 6. The van der Waals surface area contributed by atoms with Gasteiger partial charge in [0.2, 0.25) is 11.8 Å². The molecule has 0 aromatic rings. The first-order valence-electron chi connectivity index (χ1n) is 7.40. The summed E-state index contributed by atoms with van der Waals surface area (Å²) in [5.41, 5.74) is 3.85. The van der Waals surface area contributed by atoms with Crippen LogP contribution in [0.2, 0.25) is 0 Å². The first-order valence-corrected chi connectivity index (χ1v) is 7.40. The first-order chi connectivity index (χ1) is 9.66. The first kappa shape index (κ1) is 17.4. The van der Waals surface area contributed by atoms with Crippen molar-refractivity contribution in [3.8, 4) is 6.07 Å². The van der Waals surface area contributed by atoms with Gasteiger partial charge in [0.1, 0.15) is 5.54 Å². The Morgan fingerprint density at radius 1 is 1.48 bits per heavy atom. The lowest BCUT2D eigenvalue weighted by Crippen LogP contribution is -2.55. The molecule has 1 aliphatic rings. The van der Waals surface area contributed by atoms with E-state index in [1.807, 2.05) is 13.8 Å². The Labute approximate surface area is 126 Å². The van der Waals surface area contributed by atoms with Gasteiger partial charge in [-0.2, -0.15) is 5.26 Å². The summed E-state index contributed by atoms with van der Waals surface area (Å²) in [5, 5.41) is 12.7. The number of nitriles is 1. The Morgan fingerprint density at radius 2 is 2.10 bits per heavy atom. The number of amides is 2. The predicted octanol–water partition coefficient (Wildman–Crippen LogP) is 0.771. The van der Waals surface area contributed by atoms with E-state index in [0.717, 1.165) is 6.54 Å². The van der Waals surface area contributed by atoms with Gasteiger partial charge < -0.3 is 16.0 Å².